The first kappa shape index (κ1) is 13.7. The van der Waals surface area contributed by atoms with Gasteiger partial charge in [0.05, 0.1) is 25.9 Å². The summed E-state index contributed by atoms with van der Waals surface area (Å²) in [5.74, 6) is 0.843. The third-order valence-electron chi connectivity index (χ3n) is 3.32. The number of hydrogen-bond acceptors (Lipinski definition) is 4. The fourth-order valence-electron chi connectivity index (χ4n) is 2.37. The fraction of sp³-hybridized carbons (Fsp3) is 0.500. The topological polar surface area (TPSA) is 59.0 Å². The first-order chi connectivity index (χ1) is 9.17. The van der Waals surface area contributed by atoms with E-state index in [-0.39, 0.29) is 5.91 Å². The van der Waals surface area contributed by atoms with Crippen molar-refractivity contribution in [2.75, 3.05) is 27.3 Å². The van der Waals surface area contributed by atoms with Crippen molar-refractivity contribution >= 4 is 5.91 Å². The Morgan fingerprint density at radius 1 is 1.37 bits per heavy atom. The van der Waals surface area contributed by atoms with Crippen LogP contribution in [0, 0.1) is 0 Å². The maximum absolute atomic E-state index is 12.5. The van der Waals surface area contributed by atoms with E-state index in [1.54, 1.807) is 23.1 Å². The lowest BCUT2D eigenvalue weighted by atomic mass is 10.1. The summed E-state index contributed by atoms with van der Waals surface area (Å²) in [5, 5.41) is 9.65. The number of ether oxygens (including phenoxy) is 2. The predicted octanol–water partition coefficient (Wildman–Crippen LogP) is 1.30. The zero-order chi connectivity index (χ0) is 13.8. The van der Waals surface area contributed by atoms with Crippen molar-refractivity contribution in [2.24, 2.45) is 0 Å². The van der Waals surface area contributed by atoms with Gasteiger partial charge in [-0.2, -0.15) is 0 Å². The van der Waals surface area contributed by atoms with Crippen molar-refractivity contribution in [3.8, 4) is 11.5 Å². The molecule has 1 aromatic rings. The average Bonchev–Trinajstić information content (AvgIpc) is 2.45. The average molecular weight is 265 g/mol. The van der Waals surface area contributed by atoms with Crippen molar-refractivity contribution in [3.05, 3.63) is 23.8 Å². The first-order valence-corrected chi connectivity index (χ1v) is 6.35. The molecule has 0 bridgehead atoms. The van der Waals surface area contributed by atoms with Crippen LogP contribution in [0.4, 0.5) is 0 Å². The minimum absolute atomic E-state index is 0.130. The van der Waals surface area contributed by atoms with Crippen LogP contribution in [-0.4, -0.2) is 49.3 Å². The van der Waals surface area contributed by atoms with Crippen LogP contribution in [0.2, 0.25) is 0 Å². The molecular weight excluding hydrogens is 246 g/mol. The lowest BCUT2D eigenvalue weighted by molar-refractivity contribution is 0.0470. The molecule has 0 radical (unpaired) electrons. The largest absolute Gasteiger partial charge is 0.493 e. The van der Waals surface area contributed by atoms with Gasteiger partial charge in [-0.25, -0.2) is 0 Å². The van der Waals surface area contributed by atoms with Gasteiger partial charge in [-0.15, -0.1) is 0 Å². The SMILES string of the molecule is COc1cccc(C(=O)N2CCC[C@H](O)C2)c1OC. The summed E-state index contributed by atoms with van der Waals surface area (Å²) < 4.78 is 10.5. The van der Waals surface area contributed by atoms with Gasteiger partial charge in [-0.1, -0.05) is 6.07 Å². The molecule has 104 valence electrons. The summed E-state index contributed by atoms with van der Waals surface area (Å²) in [7, 11) is 3.05. The molecule has 0 aliphatic carbocycles. The number of hydrogen-bond donors (Lipinski definition) is 1. The highest BCUT2D eigenvalue weighted by molar-refractivity contribution is 5.97. The minimum atomic E-state index is -0.436. The summed E-state index contributed by atoms with van der Waals surface area (Å²) in [6, 6.07) is 5.22. The summed E-state index contributed by atoms with van der Waals surface area (Å²) >= 11 is 0. The van der Waals surface area contributed by atoms with Crippen molar-refractivity contribution in [2.45, 2.75) is 18.9 Å². The van der Waals surface area contributed by atoms with Gasteiger partial charge in [0.1, 0.15) is 0 Å². The third-order valence-corrected chi connectivity index (χ3v) is 3.32. The first-order valence-electron chi connectivity index (χ1n) is 6.35. The number of β-amino-alcohol motifs (C(OH)–C–C–N with tert-alkyl or cyclic N) is 1. The highest BCUT2D eigenvalue weighted by Gasteiger charge is 2.26. The lowest BCUT2D eigenvalue weighted by Gasteiger charge is -2.30. The van der Waals surface area contributed by atoms with Gasteiger partial charge in [0, 0.05) is 13.1 Å². The zero-order valence-corrected chi connectivity index (χ0v) is 11.3. The maximum atomic E-state index is 12.5. The van der Waals surface area contributed by atoms with Gasteiger partial charge in [-0.05, 0) is 25.0 Å². The highest BCUT2D eigenvalue weighted by Crippen LogP contribution is 2.31. The molecule has 1 aliphatic rings. The summed E-state index contributed by atoms with van der Waals surface area (Å²) in [6.45, 7) is 1.04. The molecule has 1 N–H and O–H groups in total. The zero-order valence-electron chi connectivity index (χ0n) is 11.3. The van der Waals surface area contributed by atoms with Gasteiger partial charge in [0.15, 0.2) is 11.5 Å². The standard InChI is InChI=1S/C14H19NO4/c1-18-12-7-3-6-11(13(12)19-2)14(17)15-8-4-5-10(16)9-15/h3,6-7,10,16H,4-5,8-9H2,1-2H3/t10-/m0/s1. The lowest BCUT2D eigenvalue weighted by Crippen LogP contribution is -2.42. The Bertz CT molecular complexity index is 461. The van der Waals surface area contributed by atoms with E-state index in [1.165, 1.54) is 14.2 Å². The van der Waals surface area contributed by atoms with Gasteiger partial charge >= 0.3 is 0 Å². The van der Waals surface area contributed by atoms with E-state index in [1.807, 2.05) is 0 Å². The van der Waals surface area contributed by atoms with Crippen LogP contribution < -0.4 is 9.47 Å². The number of amides is 1. The number of benzene rings is 1. The third kappa shape index (κ3) is 2.81. The number of aliphatic hydroxyl groups excluding tert-OH is 1. The second-order valence-corrected chi connectivity index (χ2v) is 4.59. The van der Waals surface area contributed by atoms with Crippen LogP contribution in [0.3, 0.4) is 0 Å². The number of aliphatic hydroxyl groups is 1. The predicted molar refractivity (Wildman–Crippen MR) is 70.7 cm³/mol. The number of likely N-dealkylation sites (tertiary alicyclic amines) is 1. The van der Waals surface area contributed by atoms with Crippen LogP contribution in [-0.2, 0) is 0 Å². The Morgan fingerprint density at radius 2 is 2.16 bits per heavy atom. The molecular formula is C14H19NO4. The van der Waals surface area contributed by atoms with E-state index in [0.717, 1.165) is 12.8 Å². The number of carbonyl (C=O) groups excluding carboxylic acids is 1. The molecule has 5 heteroatoms. The summed E-state index contributed by atoms with van der Waals surface area (Å²) in [6.07, 6.45) is 1.13. The normalized spacial score (nSPS) is 19.1. The van der Waals surface area contributed by atoms with E-state index in [9.17, 15) is 9.90 Å². The second-order valence-electron chi connectivity index (χ2n) is 4.59. The van der Waals surface area contributed by atoms with Crippen LogP contribution in [0.15, 0.2) is 18.2 Å². The highest BCUT2D eigenvalue weighted by atomic mass is 16.5. The van der Waals surface area contributed by atoms with Gasteiger partial charge < -0.3 is 19.5 Å². The van der Waals surface area contributed by atoms with Crippen molar-refractivity contribution in [3.63, 3.8) is 0 Å². The molecule has 0 unspecified atom stereocenters. The molecule has 1 aliphatic heterocycles. The van der Waals surface area contributed by atoms with Crippen molar-refractivity contribution in [1.82, 2.24) is 4.90 Å². The molecule has 5 nitrogen and oxygen atoms in total. The summed E-state index contributed by atoms with van der Waals surface area (Å²) in [5.41, 5.74) is 0.468. The van der Waals surface area contributed by atoms with Gasteiger partial charge in [0.2, 0.25) is 0 Å². The van der Waals surface area contributed by atoms with Crippen molar-refractivity contribution in [1.29, 1.82) is 0 Å². The van der Waals surface area contributed by atoms with E-state index in [4.69, 9.17) is 9.47 Å². The van der Waals surface area contributed by atoms with E-state index in [2.05, 4.69) is 0 Å². The molecule has 0 saturated carbocycles. The molecule has 2 rings (SSSR count). The van der Waals surface area contributed by atoms with Gasteiger partial charge in [0.25, 0.3) is 5.91 Å². The molecule has 19 heavy (non-hydrogen) atoms. The molecule has 1 saturated heterocycles. The monoisotopic (exact) mass is 265 g/mol. The Morgan fingerprint density at radius 3 is 2.79 bits per heavy atom. The van der Waals surface area contributed by atoms with Crippen LogP contribution in [0.25, 0.3) is 0 Å². The molecule has 1 atom stereocenters. The maximum Gasteiger partial charge on any atom is 0.257 e. The van der Waals surface area contributed by atoms with E-state index >= 15 is 0 Å². The Balaban J connectivity index is 2.28. The van der Waals surface area contributed by atoms with Crippen LogP contribution in [0.1, 0.15) is 23.2 Å². The molecule has 1 fully saturated rings. The Kier molecular flexibility index (Phi) is 4.27. The van der Waals surface area contributed by atoms with Gasteiger partial charge in [-0.3, -0.25) is 4.79 Å². The van der Waals surface area contributed by atoms with E-state index in [0.29, 0.717) is 30.2 Å². The van der Waals surface area contributed by atoms with Crippen LogP contribution >= 0.6 is 0 Å². The smallest absolute Gasteiger partial charge is 0.257 e. The van der Waals surface area contributed by atoms with E-state index < -0.39 is 6.10 Å². The number of rotatable bonds is 3. The number of nitrogens with zero attached hydrogens (tertiary/aromatic N) is 1. The molecule has 0 spiro atoms. The Hall–Kier alpha value is -1.75. The fourth-order valence-corrected chi connectivity index (χ4v) is 2.37. The number of carbonyl (C=O) groups is 1. The molecule has 1 aromatic carbocycles. The minimum Gasteiger partial charge on any atom is -0.493 e. The van der Waals surface area contributed by atoms with Crippen LogP contribution in [0.5, 0.6) is 11.5 Å². The molecule has 1 amide bonds. The quantitative estimate of drug-likeness (QED) is 0.895. The van der Waals surface area contributed by atoms with Crippen molar-refractivity contribution < 1.29 is 19.4 Å². The molecule has 0 aromatic heterocycles. The number of methoxy groups -OCH3 is 2. The number of piperidine rings is 1. The second kappa shape index (κ2) is 5.93. The number of para-hydroxylation sites is 1. The molecule has 1 heterocycles. The summed E-state index contributed by atoms with van der Waals surface area (Å²) in [4.78, 5) is 14.1. The Labute approximate surface area is 112 Å².